The lowest BCUT2D eigenvalue weighted by Gasteiger charge is -2.12. The van der Waals surface area contributed by atoms with Crippen LogP contribution < -0.4 is 5.32 Å². The van der Waals surface area contributed by atoms with Gasteiger partial charge in [-0.05, 0) is 30.0 Å². The van der Waals surface area contributed by atoms with Crippen LogP contribution in [-0.4, -0.2) is 6.04 Å². The SMILES string of the molecule is Fc1ccccc1CNC1Cc2ccccc2C1. The van der Waals surface area contributed by atoms with Crippen molar-refractivity contribution in [3.8, 4) is 0 Å². The Balaban J connectivity index is 1.62. The Morgan fingerprint density at radius 3 is 2.22 bits per heavy atom. The summed E-state index contributed by atoms with van der Waals surface area (Å²) in [7, 11) is 0. The number of hydrogen-bond donors (Lipinski definition) is 1. The van der Waals surface area contributed by atoms with Crippen LogP contribution in [0.1, 0.15) is 16.7 Å². The highest BCUT2D eigenvalue weighted by atomic mass is 19.1. The zero-order chi connectivity index (χ0) is 12.4. The lowest BCUT2D eigenvalue weighted by Crippen LogP contribution is -2.29. The van der Waals surface area contributed by atoms with Crippen LogP contribution in [0.5, 0.6) is 0 Å². The number of halogens is 1. The van der Waals surface area contributed by atoms with Gasteiger partial charge in [-0.3, -0.25) is 0 Å². The maximum atomic E-state index is 13.5. The Hall–Kier alpha value is -1.67. The molecule has 0 unspecified atom stereocenters. The molecule has 0 bridgehead atoms. The summed E-state index contributed by atoms with van der Waals surface area (Å²) in [5.74, 6) is -0.125. The molecule has 0 saturated carbocycles. The van der Waals surface area contributed by atoms with Crippen LogP contribution >= 0.6 is 0 Å². The Labute approximate surface area is 107 Å². The van der Waals surface area contributed by atoms with E-state index in [4.69, 9.17) is 0 Å². The summed E-state index contributed by atoms with van der Waals surface area (Å²) in [5, 5.41) is 3.45. The first-order valence-corrected chi connectivity index (χ1v) is 6.36. The Bertz CT molecular complexity index is 525. The molecule has 92 valence electrons. The molecule has 3 rings (SSSR count). The standard InChI is InChI=1S/C16H16FN/c17-16-8-4-3-7-14(16)11-18-15-9-12-5-1-2-6-13(12)10-15/h1-8,15,18H,9-11H2. The second-order valence-corrected chi connectivity index (χ2v) is 4.85. The third-order valence-corrected chi connectivity index (χ3v) is 3.59. The third kappa shape index (κ3) is 2.29. The highest BCUT2D eigenvalue weighted by molar-refractivity contribution is 5.33. The normalized spacial score (nSPS) is 14.7. The average molecular weight is 241 g/mol. The monoisotopic (exact) mass is 241 g/mol. The average Bonchev–Trinajstić information content (AvgIpc) is 2.80. The molecule has 2 aromatic carbocycles. The molecule has 0 radical (unpaired) electrons. The van der Waals surface area contributed by atoms with Crippen molar-refractivity contribution in [1.82, 2.24) is 5.32 Å². The summed E-state index contributed by atoms with van der Waals surface area (Å²) < 4.78 is 13.5. The zero-order valence-corrected chi connectivity index (χ0v) is 10.2. The van der Waals surface area contributed by atoms with Gasteiger partial charge in [0.1, 0.15) is 5.82 Å². The van der Waals surface area contributed by atoms with Gasteiger partial charge in [-0.1, -0.05) is 42.5 Å². The summed E-state index contributed by atoms with van der Waals surface area (Å²) in [6.07, 6.45) is 2.09. The quantitative estimate of drug-likeness (QED) is 0.870. The highest BCUT2D eigenvalue weighted by Crippen LogP contribution is 2.22. The van der Waals surface area contributed by atoms with Crippen molar-refractivity contribution in [2.45, 2.75) is 25.4 Å². The summed E-state index contributed by atoms with van der Waals surface area (Å²) in [5.41, 5.74) is 3.58. The molecule has 2 heteroatoms. The number of nitrogens with one attached hydrogen (secondary N) is 1. The van der Waals surface area contributed by atoms with E-state index in [0.29, 0.717) is 12.6 Å². The van der Waals surface area contributed by atoms with Gasteiger partial charge in [0.25, 0.3) is 0 Å². The second-order valence-electron chi connectivity index (χ2n) is 4.85. The molecular formula is C16H16FN. The fourth-order valence-electron chi connectivity index (χ4n) is 2.60. The van der Waals surface area contributed by atoms with Crippen LogP contribution in [-0.2, 0) is 19.4 Å². The van der Waals surface area contributed by atoms with E-state index < -0.39 is 0 Å². The fraction of sp³-hybridized carbons (Fsp3) is 0.250. The molecule has 1 aliphatic rings. The largest absolute Gasteiger partial charge is 0.309 e. The lowest BCUT2D eigenvalue weighted by atomic mass is 10.1. The Morgan fingerprint density at radius 1 is 0.944 bits per heavy atom. The lowest BCUT2D eigenvalue weighted by molar-refractivity contribution is 0.515. The third-order valence-electron chi connectivity index (χ3n) is 3.59. The minimum atomic E-state index is -0.125. The fourth-order valence-corrected chi connectivity index (χ4v) is 2.60. The van der Waals surface area contributed by atoms with E-state index in [1.165, 1.54) is 17.2 Å². The van der Waals surface area contributed by atoms with Gasteiger partial charge < -0.3 is 5.32 Å². The van der Waals surface area contributed by atoms with Gasteiger partial charge in [-0.25, -0.2) is 4.39 Å². The molecule has 0 fully saturated rings. The zero-order valence-electron chi connectivity index (χ0n) is 10.2. The van der Waals surface area contributed by atoms with E-state index in [-0.39, 0.29) is 5.82 Å². The predicted molar refractivity (Wildman–Crippen MR) is 70.9 cm³/mol. The molecule has 1 nitrogen and oxygen atoms in total. The van der Waals surface area contributed by atoms with Gasteiger partial charge in [-0.2, -0.15) is 0 Å². The van der Waals surface area contributed by atoms with E-state index in [9.17, 15) is 4.39 Å². The van der Waals surface area contributed by atoms with Crippen LogP contribution in [0.2, 0.25) is 0 Å². The molecule has 0 spiro atoms. The number of fused-ring (bicyclic) bond motifs is 1. The molecule has 1 aliphatic carbocycles. The van der Waals surface area contributed by atoms with Gasteiger partial charge >= 0.3 is 0 Å². The van der Waals surface area contributed by atoms with Crippen LogP contribution in [0.15, 0.2) is 48.5 Å². The van der Waals surface area contributed by atoms with E-state index in [1.54, 1.807) is 6.07 Å². The summed E-state index contributed by atoms with van der Waals surface area (Å²) in [6, 6.07) is 15.9. The van der Waals surface area contributed by atoms with Crippen molar-refractivity contribution < 1.29 is 4.39 Å². The van der Waals surface area contributed by atoms with E-state index in [2.05, 4.69) is 29.6 Å². The maximum absolute atomic E-state index is 13.5. The van der Waals surface area contributed by atoms with Crippen molar-refractivity contribution in [3.05, 3.63) is 71.0 Å². The summed E-state index contributed by atoms with van der Waals surface area (Å²) >= 11 is 0. The maximum Gasteiger partial charge on any atom is 0.127 e. The van der Waals surface area contributed by atoms with E-state index in [0.717, 1.165) is 18.4 Å². The van der Waals surface area contributed by atoms with Crippen molar-refractivity contribution >= 4 is 0 Å². The van der Waals surface area contributed by atoms with E-state index in [1.807, 2.05) is 12.1 Å². The highest BCUT2D eigenvalue weighted by Gasteiger charge is 2.20. The molecule has 0 saturated heterocycles. The summed E-state index contributed by atoms with van der Waals surface area (Å²) in [6.45, 7) is 0.603. The first-order chi connectivity index (χ1) is 8.83. The molecular weight excluding hydrogens is 225 g/mol. The first kappa shape index (κ1) is 11.4. The Morgan fingerprint density at radius 2 is 1.56 bits per heavy atom. The smallest absolute Gasteiger partial charge is 0.127 e. The molecule has 1 N–H and O–H groups in total. The molecule has 0 heterocycles. The number of benzene rings is 2. The van der Waals surface area contributed by atoms with Gasteiger partial charge in [-0.15, -0.1) is 0 Å². The minimum absolute atomic E-state index is 0.125. The minimum Gasteiger partial charge on any atom is -0.309 e. The van der Waals surface area contributed by atoms with Crippen LogP contribution in [0.25, 0.3) is 0 Å². The number of rotatable bonds is 3. The summed E-state index contributed by atoms with van der Waals surface area (Å²) in [4.78, 5) is 0. The van der Waals surface area contributed by atoms with Gasteiger partial charge in [0.15, 0.2) is 0 Å². The van der Waals surface area contributed by atoms with Crippen molar-refractivity contribution in [3.63, 3.8) is 0 Å². The van der Waals surface area contributed by atoms with Gasteiger partial charge in [0.2, 0.25) is 0 Å². The first-order valence-electron chi connectivity index (χ1n) is 6.36. The van der Waals surface area contributed by atoms with Crippen molar-refractivity contribution in [2.75, 3.05) is 0 Å². The molecule has 0 amide bonds. The van der Waals surface area contributed by atoms with Crippen molar-refractivity contribution in [1.29, 1.82) is 0 Å². The van der Waals surface area contributed by atoms with Crippen LogP contribution in [0.4, 0.5) is 4.39 Å². The predicted octanol–water partition coefficient (Wildman–Crippen LogP) is 3.08. The molecule has 18 heavy (non-hydrogen) atoms. The van der Waals surface area contributed by atoms with Crippen molar-refractivity contribution in [2.24, 2.45) is 0 Å². The topological polar surface area (TPSA) is 12.0 Å². The van der Waals surface area contributed by atoms with Crippen LogP contribution in [0.3, 0.4) is 0 Å². The Kier molecular flexibility index (Phi) is 3.11. The molecule has 0 aliphatic heterocycles. The molecule has 2 aromatic rings. The van der Waals surface area contributed by atoms with Crippen LogP contribution in [0, 0.1) is 5.82 Å². The second kappa shape index (κ2) is 4.91. The molecule has 0 aromatic heterocycles. The molecule has 0 atom stereocenters. The number of hydrogen-bond acceptors (Lipinski definition) is 1. The van der Waals surface area contributed by atoms with Gasteiger partial charge in [0, 0.05) is 18.2 Å². The van der Waals surface area contributed by atoms with E-state index >= 15 is 0 Å². The van der Waals surface area contributed by atoms with Gasteiger partial charge in [0.05, 0.1) is 0 Å².